The van der Waals surface area contributed by atoms with Gasteiger partial charge in [-0.25, -0.2) is 0 Å². The van der Waals surface area contributed by atoms with Gasteiger partial charge >= 0.3 is 0 Å². The number of nitrogens with one attached hydrogen (secondary N) is 1. The van der Waals surface area contributed by atoms with Crippen molar-refractivity contribution in [2.24, 2.45) is 0 Å². The molecule has 0 saturated heterocycles. The van der Waals surface area contributed by atoms with Crippen molar-refractivity contribution in [3.8, 4) is 0 Å². The molecule has 4 N–H and O–H groups in total. The summed E-state index contributed by atoms with van der Waals surface area (Å²) in [5.41, 5.74) is 0. The molecule has 0 aliphatic carbocycles. The fourth-order valence-corrected chi connectivity index (χ4v) is 3.80. The minimum Gasteiger partial charge on any atom is -0.394 e. The summed E-state index contributed by atoms with van der Waals surface area (Å²) in [6.45, 7) is 3.97. The predicted molar refractivity (Wildman–Crippen MR) is 153 cm³/mol. The second-order valence-electron chi connectivity index (χ2n) is 9.55. The van der Waals surface area contributed by atoms with Gasteiger partial charge in [-0.05, 0) is 64.2 Å². The van der Waals surface area contributed by atoms with Gasteiger partial charge in [-0.2, -0.15) is 0 Å². The van der Waals surface area contributed by atoms with Gasteiger partial charge in [0, 0.05) is 0 Å². The Hall–Kier alpha value is -1.69. The van der Waals surface area contributed by atoms with Crippen molar-refractivity contribution in [2.75, 3.05) is 6.61 Å². The zero-order chi connectivity index (χ0) is 26.7. The van der Waals surface area contributed by atoms with Crippen molar-refractivity contribution in [2.45, 2.75) is 135 Å². The standard InChI is InChI=1S/C31H55NO4/c1-3-5-7-9-11-13-15-16-18-20-22-24-26-30(35)31(36)32-28(27-33)29(34)25-23-21-19-17-14-12-10-8-6-4-2/h6,8,14,16-18,23,25,28-30,33-35H,3-5,7,9-13,15,19-22,24,26-27H2,1-2H3,(H,32,36)/b8-6+,17-14+,18-16-,25-23+. The first-order chi connectivity index (χ1) is 17.6. The van der Waals surface area contributed by atoms with Crippen LogP contribution >= 0.6 is 0 Å². The number of aliphatic hydroxyl groups excluding tert-OH is 3. The van der Waals surface area contributed by atoms with Gasteiger partial charge in [0.2, 0.25) is 5.91 Å². The van der Waals surface area contributed by atoms with Crippen LogP contribution < -0.4 is 5.32 Å². The van der Waals surface area contributed by atoms with E-state index in [-0.39, 0.29) is 0 Å². The molecule has 5 nitrogen and oxygen atoms in total. The molecule has 1 amide bonds. The van der Waals surface area contributed by atoms with Crippen LogP contribution in [-0.2, 0) is 4.79 Å². The summed E-state index contributed by atoms with van der Waals surface area (Å²) in [7, 11) is 0. The third kappa shape index (κ3) is 21.6. The summed E-state index contributed by atoms with van der Waals surface area (Å²) in [5.74, 6) is -0.542. The molecular formula is C31H55NO4. The molecule has 0 radical (unpaired) electrons. The zero-order valence-electron chi connectivity index (χ0n) is 23.1. The third-order valence-electron chi connectivity index (χ3n) is 6.13. The SMILES string of the molecule is CC/C=C/CC/C=C/CC/C=C/C(O)C(CO)NC(=O)C(O)CCCC/C=C\CCCCCCCC. The van der Waals surface area contributed by atoms with Gasteiger partial charge in [-0.1, -0.05) is 101 Å². The third-order valence-corrected chi connectivity index (χ3v) is 6.13. The molecule has 5 heteroatoms. The minimum atomic E-state index is -1.13. The van der Waals surface area contributed by atoms with E-state index in [1.807, 2.05) is 6.08 Å². The molecule has 0 fully saturated rings. The fourth-order valence-electron chi connectivity index (χ4n) is 3.80. The van der Waals surface area contributed by atoms with E-state index in [9.17, 15) is 20.1 Å². The van der Waals surface area contributed by atoms with Gasteiger partial charge in [-0.3, -0.25) is 4.79 Å². The molecule has 0 aromatic rings. The Bertz CT molecular complexity index is 612. The summed E-state index contributed by atoms with van der Waals surface area (Å²) < 4.78 is 0. The molecule has 0 aliphatic heterocycles. The molecule has 0 aromatic carbocycles. The van der Waals surface area contributed by atoms with Crippen LogP contribution in [-0.4, -0.2) is 46.1 Å². The number of allylic oxidation sites excluding steroid dienone is 7. The van der Waals surface area contributed by atoms with E-state index in [2.05, 4.69) is 55.6 Å². The van der Waals surface area contributed by atoms with Crippen LogP contribution in [0.2, 0.25) is 0 Å². The molecule has 0 spiro atoms. The van der Waals surface area contributed by atoms with Crippen LogP contribution in [0.4, 0.5) is 0 Å². The van der Waals surface area contributed by atoms with E-state index >= 15 is 0 Å². The highest BCUT2D eigenvalue weighted by Gasteiger charge is 2.22. The van der Waals surface area contributed by atoms with Gasteiger partial charge in [0.05, 0.1) is 18.8 Å². The first-order valence-corrected chi connectivity index (χ1v) is 14.5. The Morgan fingerprint density at radius 2 is 1.22 bits per heavy atom. The Morgan fingerprint density at radius 3 is 1.83 bits per heavy atom. The second kappa shape index (κ2) is 26.4. The van der Waals surface area contributed by atoms with Crippen molar-refractivity contribution >= 4 is 5.91 Å². The smallest absolute Gasteiger partial charge is 0.249 e. The Balaban J connectivity index is 3.98. The molecule has 0 aromatic heterocycles. The highest BCUT2D eigenvalue weighted by molar-refractivity contribution is 5.80. The van der Waals surface area contributed by atoms with Crippen LogP contribution in [0.3, 0.4) is 0 Å². The van der Waals surface area contributed by atoms with Gasteiger partial charge in [0.15, 0.2) is 0 Å². The van der Waals surface area contributed by atoms with Crippen molar-refractivity contribution < 1.29 is 20.1 Å². The summed E-state index contributed by atoms with van der Waals surface area (Å²) in [5, 5.41) is 32.6. The highest BCUT2D eigenvalue weighted by atomic mass is 16.3. The van der Waals surface area contributed by atoms with Crippen molar-refractivity contribution in [1.29, 1.82) is 0 Å². The van der Waals surface area contributed by atoms with Crippen LogP contribution in [0.1, 0.15) is 117 Å². The van der Waals surface area contributed by atoms with Gasteiger partial charge in [-0.15, -0.1) is 0 Å². The Kier molecular flexibility index (Phi) is 25.1. The molecule has 0 aliphatic rings. The van der Waals surface area contributed by atoms with Crippen molar-refractivity contribution in [1.82, 2.24) is 5.32 Å². The Labute approximate surface area is 221 Å². The van der Waals surface area contributed by atoms with Crippen LogP contribution in [0.5, 0.6) is 0 Å². The largest absolute Gasteiger partial charge is 0.394 e. The molecule has 208 valence electrons. The summed E-state index contributed by atoms with van der Waals surface area (Å²) in [4.78, 5) is 12.3. The predicted octanol–water partition coefficient (Wildman–Crippen LogP) is 6.69. The summed E-state index contributed by atoms with van der Waals surface area (Å²) in [6.07, 6.45) is 31.3. The second-order valence-corrected chi connectivity index (χ2v) is 9.55. The maximum Gasteiger partial charge on any atom is 0.249 e. The lowest BCUT2D eigenvalue weighted by molar-refractivity contribution is -0.131. The molecule has 0 rings (SSSR count). The van der Waals surface area contributed by atoms with Crippen LogP contribution in [0.15, 0.2) is 48.6 Å². The van der Waals surface area contributed by atoms with E-state index in [1.54, 1.807) is 6.08 Å². The van der Waals surface area contributed by atoms with Crippen molar-refractivity contribution in [3.63, 3.8) is 0 Å². The zero-order valence-corrected chi connectivity index (χ0v) is 23.1. The van der Waals surface area contributed by atoms with Gasteiger partial charge in [0.25, 0.3) is 0 Å². The average molecular weight is 506 g/mol. The first-order valence-electron chi connectivity index (χ1n) is 14.5. The quantitative estimate of drug-likeness (QED) is 0.0869. The average Bonchev–Trinajstić information content (AvgIpc) is 2.88. The molecule has 36 heavy (non-hydrogen) atoms. The van der Waals surface area contributed by atoms with E-state index in [4.69, 9.17) is 0 Å². The van der Waals surface area contributed by atoms with Crippen molar-refractivity contribution in [3.05, 3.63) is 48.6 Å². The molecule has 3 unspecified atom stereocenters. The maximum absolute atomic E-state index is 12.3. The minimum absolute atomic E-state index is 0.377. The number of hydrogen-bond acceptors (Lipinski definition) is 4. The van der Waals surface area contributed by atoms with E-state index in [1.165, 1.54) is 38.5 Å². The van der Waals surface area contributed by atoms with Crippen LogP contribution in [0.25, 0.3) is 0 Å². The molecular weight excluding hydrogens is 450 g/mol. The summed E-state index contributed by atoms with van der Waals surface area (Å²) in [6, 6.07) is -0.825. The molecule has 0 heterocycles. The normalized spacial score (nSPS) is 14.9. The van der Waals surface area contributed by atoms with E-state index in [0.717, 1.165) is 57.8 Å². The molecule has 0 bridgehead atoms. The van der Waals surface area contributed by atoms with Gasteiger partial charge in [0.1, 0.15) is 6.10 Å². The molecule has 0 saturated carbocycles. The van der Waals surface area contributed by atoms with Gasteiger partial charge < -0.3 is 20.6 Å². The maximum atomic E-state index is 12.3. The number of aliphatic hydroxyl groups is 3. The molecule has 3 atom stereocenters. The number of amides is 1. The van der Waals surface area contributed by atoms with E-state index in [0.29, 0.717) is 6.42 Å². The first kappa shape index (κ1) is 34.3. The highest BCUT2D eigenvalue weighted by Crippen LogP contribution is 2.09. The number of rotatable bonds is 24. The van der Waals surface area contributed by atoms with Crippen LogP contribution in [0, 0.1) is 0 Å². The van der Waals surface area contributed by atoms with E-state index < -0.39 is 30.8 Å². The lowest BCUT2D eigenvalue weighted by Gasteiger charge is -2.21. The number of hydrogen-bond donors (Lipinski definition) is 4. The monoisotopic (exact) mass is 505 g/mol. The lowest BCUT2D eigenvalue weighted by atomic mass is 10.1. The fraction of sp³-hybridized carbons (Fsp3) is 0.710. The number of unbranched alkanes of at least 4 members (excludes halogenated alkanes) is 10. The Morgan fingerprint density at radius 1 is 0.694 bits per heavy atom. The number of carbonyl (C=O) groups excluding carboxylic acids is 1. The number of carbonyl (C=O) groups is 1. The topological polar surface area (TPSA) is 89.8 Å². The lowest BCUT2D eigenvalue weighted by Crippen LogP contribution is -2.48. The summed E-state index contributed by atoms with van der Waals surface area (Å²) >= 11 is 0.